The van der Waals surface area contributed by atoms with Crippen LogP contribution < -0.4 is 15.4 Å². The van der Waals surface area contributed by atoms with E-state index in [9.17, 15) is 9.18 Å². The van der Waals surface area contributed by atoms with E-state index in [2.05, 4.69) is 20.7 Å². The Labute approximate surface area is 191 Å². The van der Waals surface area contributed by atoms with Crippen LogP contribution in [0.3, 0.4) is 0 Å². The van der Waals surface area contributed by atoms with Crippen molar-refractivity contribution in [2.75, 3.05) is 10.6 Å². The van der Waals surface area contributed by atoms with Gasteiger partial charge >= 0.3 is 6.03 Å². The van der Waals surface area contributed by atoms with E-state index in [1.807, 2.05) is 20.8 Å². The number of pyridine rings is 1. The summed E-state index contributed by atoms with van der Waals surface area (Å²) in [4.78, 5) is 16.7. The summed E-state index contributed by atoms with van der Waals surface area (Å²) in [6, 6.07) is 17.9. The van der Waals surface area contributed by atoms with E-state index >= 15 is 0 Å². The van der Waals surface area contributed by atoms with Gasteiger partial charge in [0.05, 0.1) is 11.4 Å². The number of carbonyl (C=O) groups excluding carboxylic acids is 1. The third-order valence-electron chi connectivity index (χ3n) is 4.75. The number of ether oxygens (including phenoxy) is 1. The minimum atomic E-state index is -0.464. The first kappa shape index (κ1) is 22.0. The smallest absolute Gasteiger partial charge is 0.324 e. The molecule has 0 spiro atoms. The highest BCUT2D eigenvalue weighted by Gasteiger charge is 2.21. The van der Waals surface area contributed by atoms with Crippen LogP contribution in [0.4, 0.5) is 20.7 Å². The maximum Gasteiger partial charge on any atom is 0.324 e. The van der Waals surface area contributed by atoms with E-state index in [1.54, 1.807) is 67.0 Å². The first-order chi connectivity index (χ1) is 15.8. The average Bonchev–Trinajstić information content (AvgIpc) is 3.19. The molecule has 2 heterocycles. The van der Waals surface area contributed by atoms with Gasteiger partial charge in [-0.1, -0.05) is 32.9 Å². The fourth-order valence-electron chi connectivity index (χ4n) is 3.10. The van der Waals surface area contributed by atoms with E-state index in [0.29, 0.717) is 28.7 Å². The fourth-order valence-corrected chi connectivity index (χ4v) is 3.10. The Morgan fingerprint density at radius 1 is 0.939 bits per heavy atom. The normalized spacial score (nSPS) is 11.2. The number of halogens is 1. The summed E-state index contributed by atoms with van der Waals surface area (Å²) < 4.78 is 21.1. The molecular formula is C25H24FN5O2. The lowest BCUT2D eigenvalue weighted by molar-refractivity contribution is 0.262. The molecule has 0 bridgehead atoms. The predicted octanol–water partition coefficient (Wildman–Crippen LogP) is 6.14. The number of hydrogen-bond acceptors (Lipinski definition) is 4. The van der Waals surface area contributed by atoms with Crippen molar-refractivity contribution in [3.8, 4) is 17.2 Å². The van der Waals surface area contributed by atoms with Gasteiger partial charge in [0, 0.05) is 35.6 Å². The highest BCUT2D eigenvalue weighted by molar-refractivity contribution is 5.99. The molecule has 0 aliphatic carbocycles. The zero-order chi connectivity index (χ0) is 23.4. The Balaban J connectivity index is 1.54. The number of aromatic nitrogens is 3. The summed E-state index contributed by atoms with van der Waals surface area (Å²) in [5.74, 6) is 1.24. The van der Waals surface area contributed by atoms with E-state index in [4.69, 9.17) is 4.74 Å². The van der Waals surface area contributed by atoms with Crippen molar-refractivity contribution >= 4 is 17.5 Å². The molecule has 0 saturated heterocycles. The highest BCUT2D eigenvalue weighted by atomic mass is 19.1. The van der Waals surface area contributed by atoms with Crippen molar-refractivity contribution in [1.82, 2.24) is 14.8 Å². The van der Waals surface area contributed by atoms with Crippen molar-refractivity contribution in [1.29, 1.82) is 0 Å². The van der Waals surface area contributed by atoms with Gasteiger partial charge in [0.25, 0.3) is 0 Å². The van der Waals surface area contributed by atoms with Crippen LogP contribution in [0.1, 0.15) is 26.5 Å². The summed E-state index contributed by atoms with van der Waals surface area (Å²) in [5.41, 5.74) is 1.56. The molecule has 4 rings (SSSR count). The lowest BCUT2D eigenvalue weighted by Crippen LogP contribution is -2.21. The molecule has 7 nitrogen and oxygen atoms in total. The molecule has 33 heavy (non-hydrogen) atoms. The molecule has 0 fully saturated rings. The van der Waals surface area contributed by atoms with Gasteiger partial charge in [0.1, 0.15) is 23.1 Å². The van der Waals surface area contributed by atoms with Gasteiger partial charge in [-0.25, -0.2) is 13.9 Å². The molecule has 2 aromatic carbocycles. The fraction of sp³-hybridized carbons (Fsp3) is 0.160. The van der Waals surface area contributed by atoms with Gasteiger partial charge in [-0.2, -0.15) is 5.10 Å². The summed E-state index contributed by atoms with van der Waals surface area (Å²) in [5, 5.41) is 10.2. The summed E-state index contributed by atoms with van der Waals surface area (Å²) >= 11 is 0. The molecule has 2 amide bonds. The lowest BCUT2D eigenvalue weighted by atomic mass is 9.92. The average molecular weight is 445 g/mol. The second-order valence-electron chi connectivity index (χ2n) is 8.45. The van der Waals surface area contributed by atoms with Crippen LogP contribution in [0.5, 0.6) is 11.5 Å². The van der Waals surface area contributed by atoms with Crippen LogP contribution in [-0.4, -0.2) is 20.8 Å². The molecule has 0 saturated carbocycles. The molecular weight excluding hydrogens is 421 g/mol. The van der Waals surface area contributed by atoms with Crippen molar-refractivity contribution in [3.05, 3.63) is 90.6 Å². The van der Waals surface area contributed by atoms with Crippen LogP contribution in [-0.2, 0) is 5.41 Å². The number of anilines is 2. The molecule has 2 aromatic heterocycles. The minimum absolute atomic E-state index is 0.260. The third-order valence-corrected chi connectivity index (χ3v) is 4.75. The van der Waals surface area contributed by atoms with Crippen LogP contribution in [0.15, 0.2) is 79.1 Å². The highest BCUT2D eigenvalue weighted by Crippen LogP contribution is 2.27. The van der Waals surface area contributed by atoms with Crippen LogP contribution >= 0.6 is 0 Å². The summed E-state index contributed by atoms with van der Waals surface area (Å²) in [6.07, 6.45) is 3.27. The predicted molar refractivity (Wildman–Crippen MR) is 126 cm³/mol. The van der Waals surface area contributed by atoms with Crippen molar-refractivity contribution in [3.63, 3.8) is 0 Å². The zero-order valence-electron chi connectivity index (χ0n) is 18.5. The number of nitrogens with one attached hydrogen (secondary N) is 2. The Morgan fingerprint density at radius 3 is 2.42 bits per heavy atom. The van der Waals surface area contributed by atoms with Crippen molar-refractivity contribution in [2.24, 2.45) is 0 Å². The molecule has 0 atom stereocenters. The maximum atomic E-state index is 13.8. The second kappa shape index (κ2) is 9.12. The van der Waals surface area contributed by atoms with Gasteiger partial charge in [0.15, 0.2) is 0 Å². The summed E-state index contributed by atoms with van der Waals surface area (Å²) in [7, 11) is 0. The molecule has 0 aliphatic heterocycles. The number of hydrogen-bond donors (Lipinski definition) is 2. The summed E-state index contributed by atoms with van der Waals surface area (Å²) in [6.45, 7) is 6.05. The van der Waals surface area contributed by atoms with Gasteiger partial charge in [-0.05, 0) is 42.5 Å². The van der Waals surface area contributed by atoms with E-state index < -0.39 is 6.03 Å². The van der Waals surface area contributed by atoms with Gasteiger partial charge < -0.3 is 10.1 Å². The molecule has 4 aromatic rings. The minimum Gasteiger partial charge on any atom is -0.457 e. The van der Waals surface area contributed by atoms with E-state index in [0.717, 1.165) is 5.69 Å². The van der Waals surface area contributed by atoms with Crippen LogP contribution in [0.2, 0.25) is 0 Å². The quantitative estimate of drug-likeness (QED) is 0.387. The molecule has 0 aliphatic rings. The Hall–Kier alpha value is -4.20. The third kappa shape index (κ3) is 5.54. The molecule has 168 valence electrons. The number of rotatable bonds is 5. The van der Waals surface area contributed by atoms with E-state index in [1.165, 1.54) is 16.8 Å². The molecule has 0 unspecified atom stereocenters. The maximum absolute atomic E-state index is 13.8. The molecule has 2 N–H and O–H groups in total. The monoisotopic (exact) mass is 445 g/mol. The standard InChI is InChI=1S/C25H24FN5O2/c1-25(2,3)22-16-23(31(30-22)19-8-4-6-17(26)14-19)29-24(32)28-18-7-5-9-21(15-18)33-20-10-12-27-13-11-20/h4-16H,1-3H3,(H2,28,29,32). The SMILES string of the molecule is CC(C)(C)c1cc(NC(=O)Nc2cccc(Oc3ccncc3)c2)n(-c2cccc(F)c2)n1. The Morgan fingerprint density at radius 2 is 1.70 bits per heavy atom. The number of benzene rings is 2. The number of urea groups is 1. The van der Waals surface area contributed by atoms with Crippen molar-refractivity contribution < 1.29 is 13.9 Å². The van der Waals surface area contributed by atoms with Crippen LogP contribution in [0.25, 0.3) is 5.69 Å². The number of carbonyl (C=O) groups is 1. The largest absolute Gasteiger partial charge is 0.457 e. The van der Waals surface area contributed by atoms with Gasteiger partial charge in [-0.15, -0.1) is 0 Å². The van der Waals surface area contributed by atoms with Crippen LogP contribution in [0, 0.1) is 5.82 Å². The van der Waals surface area contributed by atoms with Gasteiger partial charge in [0.2, 0.25) is 0 Å². The Bertz CT molecular complexity index is 1270. The Kier molecular flexibility index (Phi) is 6.08. The molecule has 8 heteroatoms. The van der Waals surface area contributed by atoms with Gasteiger partial charge in [-0.3, -0.25) is 10.3 Å². The van der Waals surface area contributed by atoms with Crippen molar-refractivity contribution in [2.45, 2.75) is 26.2 Å². The zero-order valence-corrected chi connectivity index (χ0v) is 18.5. The molecule has 0 radical (unpaired) electrons. The topological polar surface area (TPSA) is 81.1 Å². The number of amides is 2. The lowest BCUT2D eigenvalue weighted by Gasteiger charge is -2.14. The first-order valence-corrected chi connectivity index (χ1v) is 10.4. The first-order valence-electron chi connectivity index (χ1n) is 10.4. The second-order valence-corrected chi connectivity index (χ2v) is 8.45. The number of nitrogens with zero attached hydrogens (tertiary/aromatic N) is 3. The van der Waals surface area contributed by atoms with E-state index in [-0.39, 0.29) is 11.2 Å².